The molecule has 1 heterocycles. The zero-order valence-electron chi connectivity index (χ0n) is 13.0. The van der Waals surface area contributed by atoms with Crippen molar-refractivity contribution in [3.8, 4) is 0 Å². The van der Waals surface area contributed by atoms with Crippen LogP contribution in [0.5, 0.6) is 0 Å². The molecule has 23 heavy (non-hydrogen) atoms. The van der Waals surface area contributed by atoms with Crippen molar-refractivity contribution in [1.82, 2.24) is 10.2 Å². The fourth-order valence-electron chi connectivity index (χ4n) is 2.55. The van der Waals surface area contributed by atoms with Gasteiger partial charge in [-0.3, -0.25) is 29.4 Å². The summed E-state index contributed by atoms with van der Waals surface area (Å²) in [6, 6.07) is 2.79. The fourth-order valence-corrected chi connectivity index (χ4v) is 2.55. The Balaban J connectivity index is 2.14. The van der Waals surface area contributed by atoms with Crippen LogP contribution in [0.4, 0.5) is 5.69 Å². The molecule has 0 saturated carbocycles. The molecule has 0 spiro atoms. The summed E-state index contributed by atoms with van der Waals surface area (Å²) in [5.74, 6) is -1.30. The van der Waals surface area contributed by atoms with Gasteiger partial charge in [0.2, 0.25) is 5.91 Å². The SMILES string of the molecule is Cc1cc(C(=O)NC2CC(=O)N(C(C)C)C2=O)ccc1[N+](=O)[O-]. The lowest BCUT2D eigenvalue weighted by Crippen LogP contribution is -2.43. The molecule has 0 aliphatic carbocycles. The summed E-state index contributed by atoms with van der Waals surface area (Å²) in [6.07, 6.45) is -0.0747. The Bertz CT molecular complexity index is 698. The van der Waals surface area contributed by atoms with Crippen molar-refractivity contribution in [2.24, 2.45) is 0 Å². The molecule has 0 aromatic heterocycles. The molecule has 122 valence electrons. The van der Waals surface area contributed by atoms with Crippen molar-refractivity contribution < 1.29 is 19.3 Å². The molecule has 1 aromatic rings. The normalized spacial score (nSPS) is 17.7. The van der Waals surface area contributed by atoms with E-state index in [2.05, 4.69) is 5.32 Å². The van der Waals surface area contributed by atoms with Gasteiger partial charge >= 0.3 is 0 Å². The number of hydrogen-bond acceptors (Lipinski definition) is 5. The van der Waals surface area contributed by atoms with Gasteiger partial charge in [0.1, 0.15) is 6.04 Å². The van der Waals surface area contributed by atoms with E-state index in [1.54, 1.807) is 13.8 Å². The number of hydrogen-bond donors (Lipinski definition) is 1. The van der Waals surface area contributed by atoms with Gasteiger partial charge in [0, 0.05) is 23.2 Å². The van der Waals surface area contributed by atoms with Crippen molar-refractivity contribution in [1.29, 1.82) is 0 Å². The Morgan fingerprint density at radius 1 is 1.39 bits per heavy atom. The number of aryl methyl sites for hydroxylation is 1. The Morgan fingerprint density at radius 2 is 2.04 bits per heavy atom. The third-order valence-corrected chi connectivity index (χ3v) is 3.66. The van der Waals surface area contributed by atoms with E-state index in [1.165, 1.54) is 25.1 Å². The zero-order valence-corrected chi connectivity index (χ0v) is 13.0. The summed E-state index contributed by atoms with van der Waals surface area (Å²) in [5, 5.41) is 13.3. The van der Waals surface area contributed by atoms with Crippen LogP contribution in [0.3, 0.4) is 0 Å². The maximum Gasteiger partial charge on any atom is 0.272 e. The standard InChI is InChI=1S/C15H17N3O5/c1-8(2)17-13(19)7-11(15(17)21)16-14(20)10-4-5-12(18(22)23)9(3)6-10/h4-6,8,11H,7H2,1-3H3,(H,16,20). The number of nitro benzene ring substituents is 1. The molecule has 1 aliphatic heterocycles. The molecule has 1 aromatic carbocycles. The molecule has 1 N–H and O–H groups in total. The van der Waals surface area contributed by atoms with E-state index in [9.17, 15) is 24.5 Å². The van der Waals surface area contributed by atoms with E-state index < -0.39 is 22.8 Å². The molecule has 2 rings (SSSR count). The Morgan fingerprint density at radius 3 is 2.52 bits per heavy atom. The first-order chi connectivity index (χ1) is 10.7. The minimum atomic E-state index is -0.895. The minimum Gasteiger partial charge on any atom is -0.340 e. The molecule has 0 radical (unpaired) electrons. The highest BCUT2D eigenvalue weighted by atomic mass is 16.6. The maximum absolute atomic E-state index is 12.2. The van der Waals surface area contributed by atoms with Gasteiger partial charge < -0.3 is 5.32 Å². The lowest BCUT2D eigenvalue weighted by molar-refractivity contribution is -0.385. The van der Waals surface area contributed by atoms with Crippen LogP contribution in [0.25, 0.3) is 0 Å². The molecule has 0 bridgehead atoms. The maximum atomic E-state index is 12.2. The average Bonchev–Trinajstić information content (AvgIpc) is 2.72. The average molecular weight is 319 g/mol. The predicted molar refractivity (Wildman–Crippen MR) is 80.7 cm³/mol. The first kappa shape index (κ1) is 16.6. The number of benzene rings is 1. The summed E-state index contributed by atoms with van der Waals surface area (Å²) in [4.78, 5) is 47.5. The van der Waals surface area contributed by atoms with Gasteiger partial charge in [0.05, 0.1) is 11.3 Å². The number of carbonyl (C=O) groups excluding carboxylic acids is 3. The fraction of sp³-hybridized carbons (Fsp3) is 0.400. The third-order valence-electron chi connectivity index (χ3n) is 3.66. The monoisotopic (exact) mass is 319 g/mol. The molecule has 8 heteroatoms. The topological polar surface area (TPSA) is 110 Å². The smallest absolute Gasteiger partial charge is 0.272 e. The highest BCUT2D eigenvalue weighted by molar-refractivity contribution is 6.08. The molecular weight excluding hydrogens is 302 g/mol. The molecule has 1 unspecified atom stereocenters. The van der Waals surface area contributed by atoms with Gasteiger partial charge in [-0.05, 0) is 32.9 Å². The van der Waals surface area contributed by atoms with Crippen molar-refractivity contribution in [3.05, 3.63) is 39.4 Å². The second-order valence-electron chi connectivity index (χ2n) is 5.68. The van der Waals surface area contributed by atoms with Gasteiger partial charge in [-0.1, -0.05) is 0 Å². The summed E-state index contributed by atoms with van der Waals surface area (Å²) in [7, 11) is 0. The molecule has 1 saturated heterocycles. The molecular formula is C15H17N3O5. The largest absolute Gasteiger partial charge is 0.340 e. The lowest BCUT2D eigenvalue weighted by atomic mass is 10.1. The number of rotatable bonds is 4. The minimum absolute atomic E-state index is 0.0747. The van der Waals surface area contributed by atoms with E-state index in [-0.39, 0.29) is 29.6 Å². The number of amides is 3. The number of nitrogens with one attached hydrogen (secondary N) is 1. The molecule has 1 aliphatic rings. The van der Waals surface area contributed by atoms with Gasteiger partial charge in [-0.2, -0.15) is 0 Å². The number of nitrogens with zero attached hydrogens (tertiary/aromatic N) is 2. The highest BCUT2D eigenvalue weighted by Crippen LogP contribution is 2.20. The molecule has 1 atom stereocenters. The molecule has 3 amide bonds. The predicted octanol–water partition coefficient (Wildman–Crippen LogP) is 1.17. The van der Waals surface area contributed by atoms with Gasteiger partial charge in [-0.15, -0.1) is 0 Å². The van der Waals surface area contributed by atoms with Crippen LogP contribution in [0.2, 0.25) is 0 Å². The number of nitro groups is 1. The Labute approximate surface area is 132 Å². The van der Waals surface area contributed by atoms with Crippen LogP contribution in [0.15, 0.2) is 18.2 Å². The van der Waals surface area contributed by atoms with Crippen LogP contribution >= 0.6 is 0 Å². The highest BCUT2D eigenvalue weighted by Gasteiger charge is 2.40. The Hall–Kier alpha value is -2.77. The van der Waals surface area contributed by atoms with Crippen LogP contribution in [0.1, 0.15) is 36.2 Å². The van der Waals surface area contributed by atoms with Crippen molar-refractivity contribution >= 4 is 23.4 Å². The second-order valence-corrected chi connectivity index (χ2v) is 5.68. The molecule has 1 fully saturated rings. The first-order valence-corrected chi connectivity index (χ1v) is 7.14. The van der Waals surface area contributed by atoms with Crippen LogP contribution in [-0.4, -0.2) is 39.6 Å². The van der Waals surface area contributed by atoms with E-state index in [4.69, 9.17) is 0 Å². The zero-order chi connectivity index (χ0) is 17.3. The van der Waals surface area contributed by atoms with Gasteiger partial charge in [-0.25, -0.2) is 0 Å². The van der Waals surface area contributed by atoms with E-state index >= 15 is 0 Å². The van der Waals surface area contributed by atoms with Crippen LogP contribution in [-0.2, 0) is 9.59 Å². The van der Waals surface area contributed by atoms with E-state index in [1.807, 2.05) is 0 Å². The van der Waals surface area contributed by atoms with Crippen LogP contribution in [0, 0.1) is 17.0 Å². The summed E-state index contributed by atoms with van der Waals surface area (Å²) in [6.45, 7) is 4.97. The third kappa shape index (κ3) is 3.20. The quantitative estimate of drug-likeness (QED) is 0.509. The summed E-state index contributed by atoms with van der Waals surface area (Å²) in [5.41, 5.74) is 0.469. The second kappa shape index (κ2) is 6.15. The number of likely N-dealkylation sites (tertiary alicyclic amines) is 1. The van der Waals surface area contributed by atoms with Crippen LogP contribution < -0.4 is 5.32 Å². The van der Waals surface area contributed by atoms with Crippen molar-refractivity contribution in [3.63, 3.8) is 0 Å². The summed E-state index contributed by atoms with van der Waals surface area (Å²) >= 11 is 0. The summed E-state index contributed by atoms with van der Waals surface area (Å²) < 4.78 is 0. The first-order valence-electron chi connectivity index (χ1n) is 7.14. The number of carbonyl (C=O) groups is 3. The van der Waals surface area contributed by atoms with Gasteiger partial charge in [0.25, 0.3) is 17.5 Å². The molecule has 8 nitrogen and oxygen atoms in total. The van der Waals surface area contributed by atoms with Crippen molar-refractivity contribution in [2.75, 3.05) is 0 Å². The number of imide groups is 1. The van der Waals surface area contributed by atoms with Gasteiger partial charge in [0.15, 0.2) is 0 Å². The van der Waals surface area contributed by atoms with E-state index in [0.29, 0.717) is 5.56 Å². The lowest BCUT2D eigenvalue weighted by Gasteiger charge is -2.19. The Kier molecular flexibility index (Phi) is 4.44. The van der Waals surface area contributed by atoms with E-state index in [0.717, 1.165) is 4.90 Å². The van der Waals surface area contributed by atoms with Crippen molar-refractivity contribution in [2.45, 2.75) is 39.3 Å².